The van der Waals surface area contributed by atoms with Crippen LogP contribution in [0.4, 0.5) is 5.69 Å². The quantitative estimate of drug-likeness (QED) is 0.789. The molecule has 0 aromatic heterocycles. The predicted molar refractivity (Wildman–Crippen MR) is 68.7 cm³/mol. The summed E-state index contributed by atoms with van der Waals surface area (Å²) in [5.41, 5.74) is 4.56. The maximum absolute atomic E-state index is 11.1. The van der Waals surface area contributed by atoms with Gasteiger partial charge in [-0.25, -0.2) is 5.43 Å². The molecule has 2 N–H and O–H groups in total. The predicted octanol–water partition coefficient (Wildman–Crippen LogP) is 1.25. The van der Waals surface area contributed by atoms with E-state index in [2.05, 4.69) is 15.8 Å². The molecular formula is C13H9N5O. The molecule has 19 heavy (non-hydrogen) atoms. The van der Waals surface area contributed by atoms with Crippen LogP contribution in [0.5, 0.6) is 0 Å². The Kier molecular flexibility index (Phi) is 3.56. The van der Waals surface area contributed by atoms with Crippen molar-refractivity contribution in [1.29, 1.82) is 10.5 Å². The lowest BCUT2D eigenvalue weighted by atomic mass is 10.1. The number of anilines is 1. The molecule has 0 radical (unpaired) electrons. The molecule has 92 valence electrons. The minimum atomic E-state index is -0.135. The molecule has 1 aliphatic rings. The molecular weight excluding hydrogens is 242 g/mol. The zero-order chi connectivity index (χ0) is 13.7. The molecule has 1 aromatic rings. The summed E-state index contributed by atoms with van der Waals surface area (Å²) in [4.78, 5) is 11.1. The van der Waals surface area contributed by atoms with Crippen LogP contribution in [0.25, 0.3) is 0 Å². The third kappa shape index (κ3) is 2.96. The first-order valence-corrected chi connectivity index (χ1v) is 5.45. The number of benzene rings is 1. The number of hydrazone groups is 1. The Morgan fingerprint density at radius 3 is 2.84 bits per heavy atom. The second-order valence-corrected chi connectivity index (χ2v) is 3.78. The molecule has 0 saturated heterocycles. The van der Waals surface area contributed by atoms with Crippen LogP contribution in [0.1, 0.15) is 12.0 Å². The van der Waals surface area contributed by atoms with Gasteiger partial charge < -0.3 is 5.32 Å². The molecule has 1 aliphatic heterocycles. The molecule has 0 atom stereocenters. The van der Waals surface area contributed by atoms with Crippen molar-refractivity contribution in [3.8, 4) is 12.1 Å². The highest BCUT2D eigenvalue weighted by Crippen LogP contribution is 2.15. The number of allylic oxidation sites excluding steroid dienone is 1. The molecule has 1 heterocycles. The average molecular weight is 251 g/mol. The summed E-state index contributed by atoms with van der Waals surface area (Å²) in [6.07, 6.45) is 1.58. The summed E-state index contributed by atoms with van der Waals surface area (Å²) in [7, 11) is 0. The Balaban J connectivity index is 2.17. The molecule has 6 heteroatoms. The zero-order valence-corrected chi connectivity index (χ0v) is 9.84. The fourth-order valence-corrected chi connectivity index (χ4v) is 1.56. The van der Waals surface area contributed by atoms with Gasteiger partial charge in [0.15, 0.2) is 0 Å². The van der Waals surface area contributed by atoms with E-state index in [1.165, 1.54) is 6.20 Å². The minimum absolute atomic E-state index is 0.0135. The third-order valence-corrected chi connectivity index (χ3v) is 2.46. The van der Waals surface area contributed by atoms with Gasteiger partial charge in [0.05, 0.1) is 12.1 Å². The molecule has 0 aliphatic carbocycles. The first-order valence-electron chi connectivity index (χ1n) is 5.45. The number of rotatable bonds is 3. The van der Waals surface area contributed by atoms with E-state index in [0.717, 1.165) is 5.56 Å². The lowest BCUT2D eigenvalue weighted by molar-refractivity contribution is -0.119. The van der Waals surface area contributed by atoms with E-state index in [1.54, 1.807) is 30.3 Å². The monoisotopic (exact) mass is 251 g/mol. The van der Waals surface area contributed by atoms with Crippen molar-refractivity contribution < 1.29 is 4.79 Å². The molecule has 1 aromatic carbocycles. The van der Waals surface area contributed by atoms with Gasteiger partial charge in [-0.3, -0.25) is 4.79 Å². The maximum atomic E-state index is 11.1. The summed E-state index contributed by atoms with van der Waals surface area (Å²) in [5, 5.41) is 24.0. The molecule has 0 unspecified atom stereocenters. The normalized spacial score (nSPS) is 12.7. The van der Waals surface area contributed by atoms with Crippen molar-refractivity contribution in [2.24, 2.45) is 5.10 Å². The van der Waals surface area contributed by atoms with Crippen LogP contribution in [0.3, 0.4) is 0 Å². The van der Waals surface area contributed by atoms with Gasteiger partial charge in [-0.15, -0.1) is 0 Å². The van der Waals surface area contributed by atoms with E-state index in [4.69, 9.17) is 10.5 Å². The van der Waals surface area contributed by atoms with Crippen molar-refractivity contribution in [1.82, 2.24) is 5.43 Å². The lowest BCUT2D eigenvalue weighted by Crippen LogP contribution is -2.09. The first kappa shape index (κ1) is 12.3. The largest absolute Gasteiger partial charge is 0.360 e. The SMILES string of the molecule is N#CC(C#N)=CNc1cccc(C2=NNC(=O)C2)c1. The number of amides is 1. The van der Waals surface area contributed by atoms with Crippen LogP contribution in [-0.4, -0.2) is 11.6 Å². The van der Waals surface area contributed by atoms with Gasteiger partial charge in [0, 0.05) is 17.5 Å². The average Bonchev–Trinajstić information content (AvgIpc) is 2.87. The van der Waals surface area contributed by atoms with E-state index in [1.807, 2.05) is 6.07 Å². The zero-order valence-electron chi connectivity index (χ0n) is 9.84. The van der Waals surface area contributed by atoms with E-state index < -0.39 is 0 Å². The van der Waals surface area contributed by atoms with Crippen LogP contribution in [0.2, 0.25) is 0 Å². The van der Waals surface area contributed by atoms with Crippen molar-refractivity contribution >= 4 is 17.3 Å². The molecule has 0 saturated carbocycles. The smallest absolute Gasteiger partial charge is 0.246 e. The van der Waals surface area contributed by atoms with Gasteiger partial charge in [-0.2, -0.15) is 15.6 Å². The second kappa shape index (κ2) is 5.48. The van der Waals surface area contributed by atoms with Crippen molar-refractivity contribution in [2.45, 2.75) is 6.42 Å². The summed E-state index contributed by atoms with van der Waals surface area (Å²) < 4.78 is 0. The van der Waals surface area contributed by atoms with Crippen molar-refractivity contribution in [3.63, 3.8) is 0 Å². The van der Waals surface area contributed by atoms with Crippen LogP contribution in [0.15, 0.2) is 41.1 Å². The summed E-state index contributed by atoms with van der Waals surface area (Å²) in [6, 6.07) is 10.7. The lowest BCUT2D eigenvalue weighted by Gasteiger charge is -2.03. The number of hydrogen-bond acceptors (Lipinski definition) is 5. The Bertz CT molecular complexity index is 644. The number of hydrogen-bond donors (Lipinski definition) is 2. The van der Waals surface area contributed by atoms with E-state index in [0.29, 0.717) is 11.4 Å². The first-order chi connectivity index (χ1) is 9.22. The van der Waals surface area contributed by atoms with Gasteiger partial charge in [0.25, 0.3) is 0 Å². The Morgan fingerprint density at radius 2 is 2.21 bits per heavy atom. The fraction of sp³-hybridized carbons (Fsp3) is 0.0769. The summed E-state index contributed by atoms with van der Waals surface area (Å²) >= 11 is 0. The molecule has 0 spiro atoms. The standard InChI is InChI=1S/C13H9N5O/c14-6-9(7-15)8-16-11-3-1-2-10(4-11)12-5-13(19)18-17-12/h1-4,8,16H,5H2,(H,18,19). The molecule has 2 rings (SSSR count). The number of nitrogens with zero attached hydrogens (tertiary/aromatic N) is 3. The van der Waals surface area contributed by atoms with Crippen molar-refractivity contribution in [3.05, 3.63) is 41.6 Å². The summed E-state index contributed by atoms with van der Waals surface area (Å²) in [5.74, 6) is -0.135. The number of nitrogens with one attached hydrogen (secondary N) is 2. The number of carbonyl (C=O) groups excluding carboxylic acids is 1. The Labute approximate surface area is 109 Å². The topological polar surface area (TPSA) is 101 Å². The van der Waals surface area contributed by atoms with E-state index >= 15 is 0 Å². The highest BCUT2D eigenvalue weighted by atomic mass is 16.2. The van der Waals surface area contributed by atoms with Crippen LogP contribution in [0, 0.1) is 22.7 Å². The number of nitriles is 2. The second-order valence-electron chi connectivity index (χ2n) is 3.78. The Hall–Kier alpha value is -3.12. The summed E-state index contributed by atoms with van der Waals surface area (Å²) in [6.45, 7) is 0. The molecule has 0 bridgehead atoms. The van der Waals surface area contributed by atoms with E-state index in [-0.39, 0.29) is 17.9 Å². The Morgan fingerprint density at radius 1 is 1.42 bits per heavy atom. The van der Waals surface area contributed by atoms with Crippen LogP contribution >= 0.6 is 0 Å². The molecule has 1 amide bonds. The highest BCUT2D eigenvalue weighted by molar-refractivity contribution is 6.13. The van der Waals surface area contributed by atoms with Gasteiger partial charge in [0.1, 0.15) is 17.7 Å². The van der Waals surface area contributed by atoms with Gasteiger partial charge in [-0.05, 0) is 12.1 Å². The van der Waals surface area contributed by atoms with Gasteiger partial charge in [0.2, 0.25) is 5.91 Å². The number of carbonyl (C=O) groups is 1. The van der Waals surface area contributed by atoms with Crippen molar-refractivity contribution in [2.75, 3.05) is 5.32 Å². The van der Waals surface area contributed by atoms with Gasteiger partial charge in [-0.1, -0.05) is 12.1 Å². The fourth-order valence-electron chi connectivity index (χ4n) is 1.56. The van der Waals surface area contributed by atoms with Gasteiger partial charge >= 0.3 is 0 Å². The molecule has 0 fully saturated rings. The highest BCUT2D eigenvalue weighted by Gasteiger charge is 2.16. The van der Waals surface area contributed by atoms with E-state index in [9.17, 15) is 4.79 Å². The maximum Gasteiger partial charge on any atom is 0.246 e. The van der Waals surface area contributed by atoms with Crippen LogP contribution < -0.4 is 10.7 Å². The third-order valence-electron chi connectivity index (χ3n) is 2.46. The molecule has 6 nitrogen and oxygen atoms in total. The van der Waals surface area contributed by atoms with Crippen LogP contribution in [-0.2, 0) is 4.79 Å². The minimum Gasteiger partial charge on any atom is -0.360 e.